The Kier molecular flexibility index (Phi) is 4.21. The first-order valence-electron chi connectivity index (χ1n) is 6.89. The largest absolute Gasteiger partial charge is 0.364 e. The van der Waals surface area contributed by atoms with E-state index in [9.17, 15) is 4.79 Å². The van der Waals surface area contributed by atoms with Crippen molar-refractivity contribution >= 4 is 29.0 Å². The number of anilines is 2. The van der Waals surface area contributed by atoms with E-state index in [1.165, 1.54) is 6.07 Å². The quantitative estimate of drug-likeness (QED) is 0.718. The van der Waals surface area contributed by atoms with Crippen molar-refractivity contribution in [2.24, 2.45) is 5.73 Å². The summed E-state index contributed by atoms with van der Waals surface area (Å²) in [6, 6.07) is 19.3. The second-order valence-corrected chi connectivity index (χ2v) is 5.18. The Morgan fingerprint density at radius 2 is 1.70 bits per heavy atom. The van der Waals surface area contributed by atoms with Gasteiger partial charge in [0.2, 0.25) is 5.28 Å². The molecule has 0 radical (unpaired) electrons. The minimum absolute atomic E-state index is 0.0389. The minimum Gasteiger partial charge on any atom is -0.364 e. The summed E-state index contributed by atoms with van der Waals surface area (Å²) in [6.07, 6.45) is 0. The van der Waals surface area contributed by atoms with Crippen LogP contribution in [0.4, 0.5) is 11.5 Å². The molecule has 0 atom stereocenters. The second-order valence-electron chi connectivity index (χ2n) is 4.84. The molecule has 6 heteroatoms. The number of halogens is 1. The number of primary amides is 1. The molecule has 1 heterocycles. The summed E-state index contributed by atoms with van der Waals surface area (Å²) in [5, 5.41) is 3.07. The molecule has 0 unspecified atom stereocenters. The fourth-order valence-electron chi connectivity index (χ4n) is 2.16. The van der Waals surface area contributed by atoms with Crippen LogP contribution in [0.2, 0.25) is 5.28 Å². The molecule has 0 aliphatic heterocycles. The number of nitrogens with one attached hydrogen (secondary N) is 1. The van der Waals surface area contributed by atoms with Crippen molar-refractivity contribution in [2.45, 2.75) is 0 Å². The van der Waals surface area contributed by atoms with E-state index < -0.39 is 5.91 Å². The molecule has 0 saturated heterocycles. The van der Waals surface area contributed by atoms with Crippen LogP contribution >= 0.6 is 11.6 Å². The number of aromatic nitrogens is 2. The molecule has 0 aliphatic carbocycles. The van der Waals surface area contributed by atoms with Crippen LogP contribution in [0, 0.1) is 0 Å². The Hall–Kier alpha value is -2.92. The zero-order valence-corrected chi connectivity index (χ0v) is 12.8. The third-order valence-corrected chi connectivity index (χ3v) is 3.36. The van der Waals surface area contributed by atoms with Gasteiger partial charge in [-0.2, -0.15) is 0 Å². The van der Waals surface area contributed by atoms with Gasteiger partial charge in [-0.3, -0.25) is 4.79 Å². The number of nitrogens with two attached hydrogens (primary N) is 1. The summed E-state index contributed by atoms with van der Waals surface area (Å²) < 4.78 is 0. The third kappa shape index (κ3) is 3.64. The highest BCUT2D eigenvalue weighted by molar-refractivity contribution is 6.28. The maximum Gasteiger partial charge on any atom is 0.267 e. The lowest BCUT2D eigenvalue weighted by Crippen LogP contribution is -2.14. The third-order valence-electron chi connectivity index (χ3n) is 3.19. The van der Waals surface area contributed by atoms with E-state index in [0.717, 1.165) is 16.8 Å². The van der Waals surface area contributed by atoms with Gasteiger partial charge in [0.1, 0.15) is 11.5 Å². The number of carbonyl (C=O) groups is 1. The summed E-state index contributed by atoms with van der Waals surface area (Å²) in [5.41, 5.74) is 8.27. The van der Waals surface area contributed by atoms with Crippen molar-refractivity contribution in [1.29, 1.82) is 0 Å². The molecule has 3 N–H and O–H groups in total. The summed E-state index contributed by atoms with van der Waals surface area (Å²) in [7, 11) is 0. The summed E-state index contributed by atoms with van der Waals surface area (Å²) in [6.45, 7) is 0. The average molecular weight is 325 g/mol. The zero-order chi connectivity index (χ0) is 16.2. The number of rotatable bonds is 4. The first-order chi connectivity index (χ1) is 11.1. The standard InChI is InChI=1S/C17H13ClN4O/c18-17-21-14(16(19)23)10-15(22-17)20-13-8-4-7-12(9-13)11-5-2-1-3-6-11/h1-10H,(H2,19,23)(H,20,21,22). The summed E-state index contributed by atoms with van der Waals surface area (Å²) in [5.74, 6) is -0.251. The van der Waals surface area contributed by atoms with E-state index in [4.69, 9.17) is 17.3 Å². The number of hydrogen-bond donors (Lipinski definition) is 2. The van der Waals surface area contributed by atoms with Crippen LogP contribution in [-0.2, 0) is 0 Å². The Morgan fingerprint density at radius 3 is 2.43 bits per heavy atom. The fraction of sp³-hybridized carbons (Fsp3) is 0. The average Bonchev–Trinajstić information content (AvgIpc) is 2.55. The van der Waals surface area contributed by atoms with Crippen molar-refractivity contribution in [3.05, 3.63) is 71.6 Å². The first-order valence-corrected chi connectivity index (χ1v) is 7.26. The van der Waals surface area contributed by atoms with Crippen LogP contribution in [0.5, 0.6) is 0 Å². The Balaban J connectivity index is 1.91. The molecule has 3 rings (SSSR count). The van der Waals surface area contributed by atoms with E-state index in [0.29, 0.717) is 5.82 Å². The topological polar surface area (TPSA) is 80.9 Å². The number of carbonyl (C=O) groups excluding carboxylic acids is 1. The molecule has 2 aromatic carbocycles. The van der Waals surface area contributed by atoms with E-state index in [-0.39, 0.29) is 11.0 Å². The zero-order valence-electron chi connectivity index (χ0n) is 12.0. The van der Waals surface area contributed by atoms with Crippen LogP contribution < -0.4 is 11.1 Å². The fourth-order valence-corrected chi connectivity index (χ4v) is 2.35. The van der Waals surface area contributed by atoms with Crippen LogP contribution in [0.3, 0.4) is 0 Å². The maximum absolute atomic E-state index is 11.2. The van der Waals surface area contributed by atoms with Crippen molar-refractivity contribution in [3.63, 3.8) is 0 Å². The SMILES string of the molecule is NC(=O)c1cc(Nc2cccc(-c3ccccc3)c2)nc(Cl)n1. The molecule has 5 nitrogen and oxygen atoms in total. The first kappa shape index (κ1) is 15.0. The minimum atomic E-state index is -0.657. The molecule has 114 valence electrons. The van der Waals surface area contributed by atoms with Gasteiger partial charge in [-0.15, -0.1) is 0 Å². The van der Waals surface area contributed by atoms with Gasteiger partial charge in [0.15, 0.2) is 0 Å². The second kappa shape index (κ2) is 6.46. The van der Waals surface area contributed by atoms with Crippen LogP contribution in [0.25, 0.3) is 11.1 Å². The normalized spacial score (nSPS) is 10.3. The van der Waals surface area contributed by atoms with Gasteiger partial charge in [0.25, 0.3) is 5.91 Å². The van der Waals surface area contributed by atoms with Crippen LogP contribution in [-0.4, -0.2) is 15.9 Å². The van der Waals surface area contributed by atoms with Crippen LogP contribution in [0.1, 0.15) is 10.5 Å². The van der Waals surface area contributed by atoms with Gasteiger partial charge in [0, 0.05) is 11.8 Å². The van der Waals surface area contributed by atoms with Gasteiger partial charge < -0.3 is 11.1 Å². The lowest BCUT2D eigenvalue weighted by Gasteiger charge is -2.09. The molecule has 23 heavy (non-hydrogen) atoms. The lowest BCUT2D eigenvalue weighted by molar-refractivity contribution is 0.0995. The molecule has 1 aromatic heterocycles. The monoisotopic (exact) mass is 324 g/mol. The van der Waals surface area contributed by atoms with Crippen LogP contribution in [0.15, 0.2) is 60.7 Å². The maximum atomic E-state index is 11.2. The molecular weight excluding hydrogens is 312 g/mol. The van der Waals surface area contributed by atoms with Gasteiger partial charge >= 0.3 is 0 Å². The summed E-state index contributed by atoms with van der Waals surface area (Å²) in [4.78, 5) is 19.1. The van der Waals surface area contributed by atoms with Gasteiger partial charge in [-0.05, 0) is 34.9 Å². The van der Waals surface area contributed by atoms with E-state index in [2.05, 4.69) is 15.3 Å². The van der Waals surface area contributed by atoms with Crippen molar-refractivity contribution in [3.8, 4) is 11.1 Å². The molecule has 0 aliphatic rings. The number of amides is 1. The predicted octanol–water partition coefficient (Wildman–Crippen LogP) is 3.64. The molecule has 1 amide bonds. The predicted molar refractivity (Wildman–Crippen MR) is 90.7 cm³/mol. The van der Waals surface area contributed by atoms with Gasteiger partial charge in [-0.1, -0.05) is 42.5 Å². The van der Waals surface area contributed by atoms with Gasteiger partial charge in [-0.25, -0.2) is 9.97 Å². The molecular formula is C17H13ClN4O. The van der Waals surface area contributed by atoms with E-state index in [1.807, 2.05) is 54.6 Å². The highest BCUT2D eigenvalue weighted by Gasteiger charge is 2.08. The van der Waals surface area contributed by atoms with E-state index in [1.54, 1.807) is 0 Å². The summed E-state index contributed by atoms with van der Waals surface area (Å²) >= 11 is 5.82. The molecule has 0 fully saturated rings. The molecule has 0 saturated carbocycles. The Labute approximate surface area is 138 Å². The Morgan fingerprint density at radius 1 is 0.957 bits per heavy atom. The molecule has 3 aromatic rings. The molecule has 0 spiro atoms. The Bertz CT molecular complexity index is 852. The molecule has 0 bridgehead atoms. The highest BCUT2D eigenvalue weighted by Crippen LogP contribution is 2.24. The van der Waals surface area contributed by atoms with Crippen molar-refractivity contribution in [2.75, 3.05) is 5.32 Å². The lowest BCUT2D eigenvalue weighted by atomic mass is 10.1. The van der Waals surface area contributed by atoms with Gasteiger partial charge in [0.05, 0.1) is 0 Å². The smallest absolute Gasteiger partial charge is 0.267 e. The number of nitrogens with zero attached hydrogens (tertiary/aromatic N) is 2. The van der Waals surface area contributed by atoms with Crippen molar-refractivity contribution in [1.82, 2.24) is 9.97 Å². The number of hydrogen-bond acceptors (Lipinski definition) is 4. The number of benzene rings is 2. The highest BCUT2D eigenvalue weighted by atomic mass is 35.5. The van der Waals surface area contributed by atoms with Crippen molar-refractivity contribution < 1.29 is 4.79 Å². The van der Waals surface area contributed by atoms with E-state index >= 15 is 0 Å².